The van der Waals surface area contributed by atoms with E-state index in [1.54, 1.807) is 0 Å². The van der Waals surface area contributed by atoms with E-state index < -0.39 is 0 Å². The van der Waals surface area contributed by atoms with E-state index in [4.69, 9.17) is 0 Å². The van der Waals surface area contributed by atoms with E-state index in [0.717, 1.165) is 12.0 Å². The fraction of sp³-hybridized carbons (Fsp3) is 1.00. The average Bonchev–Trinajstić information content (AvgIpc) is 2.77. The summed E-state index contributed by atoms with van der Waals surface area (Å²) in [7, 11) is 0. The fourth-order valence-corrected chi connectivity index (χ4v) is 2.60. The van der Waals surface area contributed by atoms with Crippen LogP contribution in [0.15, 0.2) is 0 Å². The van der Waals surface area contributed by atoms with Crippen LogP contribution in [0.4, 0.5) is 0 Å². The molecule has 1 aliphatic heterocycles. The third-order valence-corrected chi connectivity index (χ3v) is 3.91. The van der Waals surface area contributed by atoms with Gasteiger partial charge in [-0.15, -0.1) is 0 Å². The van der Waals surface area contributed by atoms with Crippen LogP contribution >= 0.6 is 0 Å². The Morgan fingerprint density at radius 3 is 2.69 bits per heavy atom. The Hall–Kier alpha value is -0.0800. The summed E-state index contributed by atoms with van der Waals surface area (Å²) in [6.45, 7) is 11.9. The SMILES string of the molecule is CCCCC(CC)NCC1CCN(CC)C1. The molecule has 2 atom stereocenters. The molecular weight excluding hydrogens is 196 g/mol. The number of nitrogens with zero attached hydrogens (tertiary/aromatic N) is 1. The van der Waals surface area contributed by atoms with Crippen molar-refractivity contribution in [3.05, 3.63) is 0 Å². The summed E-state index contributed by atoms with van der Waals surface area (Å²) in [6, 6.07) is 0.760. The Balaban J connectivity index is 2.12. The highest BCUT2D eigenvalue weighted by Gasteiger charge is 2.21. The van der Waals surface area contributed by atoms with Crippen LogP contribution in [0.25, 0.3) is 0 Å². The monoisotopic (exact) mass is 226 g/mol. The number of hydrogen-bond acceptors (Lipinski definition) is 2. The number of nitrogens with one attached hydrogen (secondary N) is 1. The lowest BCUT2D eigenvalue weighted by Crippen LogP contribution is -2.34. The summed E-state index contributed by atoms with van der Waals surface area (Å²) >= 11 is 0. The van der Waals surface area contributed by atoms with Crippen molar-refractivity contribution in [2.75, 3.05) is 26.2 Å². The topological polar surface area (TPSA) is 15.3 Å². The molecule has 0 aromatic rings. The van der Waals surface area contributed by atoms with Gasteiger partial charge in [0.1, 0.15) is 0 Å². The van der Waals surface area contributed by atoms with E-state index in [9.17, 15) is 0 Å². The van der Waals surface area contributed by atoms with Crippen LogP contribution in [-0.4, -0.2) is 37.1 Å². The Kier molecular flexibility index (Phi) is 7.06. The van der Waals surface area contributed by atoms with Crippen molar-refractivity contribution in [1.29, 1.82) is 0 Å². The lowest BCUT2D eigenvalue weighted by molar-refractivity contribution is 0.331. The van der Waals surface area contributed by atoms with Gasteiger partial charge in [-0.3, -0.25) is 0 Å². The van der Waals surface area contributed by atoms with Gasteiger partial charge in [0.2, 0.25) is 0 Å². The molecule has 0 aromatic carbocycles. The summed E-state index contributed by atoms with van der Waals surface area (Å²) in [4.78, 5) is 2.57. The predicted octanol–water partition coefficient (Wildman–Crippen LogP) is 2.89. The van der Waals surface area contributed by atoms with Crippen LogP contribution in [0, 0.1) is 5.92 Å². The minimum absolute atomic E-state index is 0.760. The molecule has 2 nitrogen and oxygen atoms in total. The maximum atomic E-state index is 3.76. The van der Waals surface area contributed by atoms with Crippen molar-refractivity contribution in [1.82, 2.24) is 10.2 Å². The molecule has 1 heterocycles. The van der Waals surface area contributed by atoms with Gasteiger partial charge in [-0.05, 0) is 44.8 Å². The van der Waals surface area contributed by atoms with Gasteiger partial charge in [0.15, 0.2) is 0 Å². The van der Waals surface area contributed by atoms with Gasteiger partial charge in [0.05, 0.1) is 0 Å². The van der Waals surface area contributed by atoms with Gasteiger partial charge < -0.3 is 10.2 Å². The highest BCUT2D eigenvalue weighted by Crippen LogP contribution is 2.15. The molecule has 2 unspecified atom stereocenters. The molecule has 0 aliphatic carbocycles. The second-order valence-corrected chi connectivity index (χ2v) is 5.20. The summed E-state index contributed by atoms with van der Waals surface area (Å²) in [5.41, 5.74) is 0. The molecule has 1 aliphatic rings. The quantitative estimate of drug-likeness (QED) is 0.684. The second-order valence-electron chi connectivity index (χ2n) is 5.20. The third-order valence-electron chi connectivity index (χ3n) is 3.91. The molecule has 1 fully saturated rings. The van der Waals surface area contributed by atoms with Crippen molar-refractivity contribution in [2.24, 2.45) is 5.92 Å². The fourth-order valence-electron chi connectivity index (χ4n) is 2.60. The first-order chi connectivity index (χ1) is 7.80. The lowest BCUT2D eigenvalue weighted by atomic mass is 10.1. The standard InChI is InChI=1S/C14H30N2/c1-4-7-8-14(5-2)15-11-13-9-10-16(6-3)12-13/h13-15H,4-12H2,1-3H3. The normalized spacial score (nSPS) is 23.8. The van der Waals surface area contributed by atoms with E-state index in [0.29, 0.717) is 0 Å². The van der Waals surface area contributed by atoms with Crippen molar-refractivity contribution < 1.29 is 0 Å². The van der Waals surface area contributed by atoms with Crippen LogP contribution in [0.5, 0.6) is 0 Å². The molecule has 1 saturated heterocycles. The molecule has 0 spiro atoms. The molecule has 1 N–H and O–H groups in total. The highest BCUT2D eigenvalue weighted by molar-refractivity contribution is 4.78. The van der Waals surface area contributed by atoms with Gasteiger partial charge in [-0.1, -0.05) is 33.6 Å². The van der Waals surface area contributed by atoms with Crippen LogP contribution in [0.2, 0.25) is 0 Å². The molecule has 16 heavy (non-hydrogen) atoms. The first kappa shape index (κ1) is 14.0. The molecule has 0 amide bonds. The van der Waals surface area contributed by atoms with Gasteiger partial charge in [0.25, 0.3) is 0 Å². The largest absolute Gasteiger partial charge is 0.314 e. The maximum Gasteiger partial charge on any atom is 0.00645 e. The molecule has 0 radical (unpaired) electrons. The molecule has 1 rings (SSSR count). The Labute approximate surface area is 102 Å². The van der Waals surface area contributed by atoms with Crippen LogP contribution in [0.1, 0.15) is 52.9 Å². The Morgan fingerprint density at radius 1 is 1.31 bits per heavy atom. The van der Waals surface area contributed by atoms with Crippen LogP contribution in [-0.2, 0) is 0 Å². The zero-order chi connectivity index (χ0) is 11.8. The van der Waals surface area contributed by atoms with Crippen molar-refractivity contribution >= 4 is 0 Å². The van der Waals surface area contributed by atoms with E-state index in [1.165, 1.54) is 58.3 Å². The van der Waals surface area contributed by atoms with Gasteiger partial charge in [-0.25, -0.2) is 0 Å². The number of likely N-dealkylation sites (tertiary alicyclic amines) is 1. The van der Waals surface area contributed by atoms with E-state index in [1.807, 2.05) is 0 Å². The van der Waals surface area contributed by atoms with Crippen molar-refractivity contribution in [3.8, 4) is 0 Å². The summed E-state index contributed by atoms with van der Waals surface area (Å²) < 4.78 is 0. The maximum absolute atomic E-state index is 3.76. The summed E-state index contributed by atoms with van der Waals surface area (Å²) in [5.74, 6) is 0.899. The number of unbranched alkanes of at least 4 members (excludes halogenated alkanes) is 1. The minimum Gasteiger partial charge on any atom is -0.314 e. The molecule has 96 valence electrons. The van der Waals surface area contributed by atoms with Crippen LogP contribution in [0.3, 0.4) is 0 Å². The molecule has 0 saturated carbocycles. The zero-order valence-electron chi connectivity index (χ0n) is 11.5. The number of rotatable bonds is 8. The summed E-state index contributed by atoms with van der Waals surface area (Å²) in [5, 5.41) is 3.76. The second kappa shape index (κ2) is 8.08. The van der Waals surface area contributed by atoms with Gasteiger partial charge in [0, 0.05) is 12.6 Å². The highest BCUT2D eigenvalue weighted by atomic mass is 15.1. The summed E-state index contributed by atoms with van der Waals surface area (Å²) in [6.07, 6.45) is 6.73. The first-order valence-corrected chi connectivity index (χ1v) is 7.25. The van der Waals surface area contributed by atoms with Crippen molar-refractivity contribution in [3.63, 3.8) is 0 Å². The third kappa shape index (κ3) is 4.84. The molecular formula is C14H30N2. The van der Waals surface area contributed by atoms with Crippen molar-refractivity contribution in [2.45, 2.75) is 58.9 Å². The first-order valence-electron chi connectivity index (χ1n) is 7.25. The van der Waals surface area contributed by atoms with E-state index in [-0.39, 0.29) is 0 Å². The smallest absolute Gasteiger partial charge is 0.00645 e. The van der Waals surface area contributed by atoms with E-state index >= 15 is 0 Å². The lowest BCUT2D eigenvalue weighted by Gasteiger charge is -2.19. The molecule has 0 aromatic heterocycles. The molecule has 2 heteroatoms. The minimum atomic E-state index is 0.760. The van der Waals surface area contributed by atoms with Crippen LogP contribution < -0.4 is 5.32 Å². The average molecular weight is 226 g/mol. The van der Waals surface area contributed by atoms with Gasteiger partial charge in [-0.2, -0.15) is 0 Å². The Morgan fingerprint density at radius 2 is 2.12 bits per heavy atom. The number of hydrogen-bond donors (Lipinski definition) is 1. The van der Waals surface area contributed by atoms with Gasteiger partial charge >= 0.3 is 0 Å². The molecule has 0 bridgehead atoms. The van der Waals surface area contributed by atoms with E-state index in [2.05, 4.69) is 31.0 Å². The zero-order valence-corrected chi connectivity index (χ0v) is 11.5. The predicted molar refractivity (Wildman–Crippen MR) is 71.8 cm³/mol. The Bertz CT molecular complexity index is 168.